The fraction of sp³-hybridized carbons (Fsp3) is 0.537. The van der Waals surface area contributed by atoms with Gasteiger partial charge in [-0.25, -0.2) is 0 Å². The lowest BCUT2D eigenvalue weighted by Crippen LogP contribution is -2.36. The third-order valence-corrected chi connectivity index (χ3v) is 12.6. The minimum Gasteiger partial charge on any atom is -0.337 e. The Labute approximate surface area is 260 Å². The molecule has 0 spiro atoms. The van der Waals surface area contributed by atoms with E-state index in [2.05, 4.69) is 69.2 Å². The molecule has 0 amide bonds. The maximum Gasteiger partial charge on any atom is 0.143 e. The largest absolute Gasteiger partial charge is 0.337 e. The van der Waals surface area contributed by atoms with Crippen LogP contribution in [0.3, 0.4) is 0 Å². The van der Waals surface area contributed by atoms with Gasteiger partial charge in [0, 0.05) is 29.9 Å². The molecule has 0 radical (unpaired) electrons. The van der Waals surface area contributed by atoms with Crippen molar-refractivity contribution in [3.8, 4) is 0 Å². The molecule has 0 bridgehead atoms. The van der Waals surface area contributed by atoms with Crippen LogP contribution in [0.5, 0.6) is 0 Å². The van der Waals surface area contributed by atoms with E-state index in [1.54, 1.807) is 0 Å². The van der Waals surface area contributed by atoms with Crippen LogP contribution in [-0.4, -0.2) is 10.7 Å². The van der Waals surface area contributed by atoms with E-state index in [1.165, 1.54) is 113 Å². The summed E-state index contributed by atoms with van der Waals surface area (Å²) >= 11 is 0. The lowest BCUT2D eigenvalue weighted by molar-refractivity contribution is -0.126. The highest BCUT2D eigenvalue weighted by Gasteiger charge is 2.44. The maximum absolute atomic E-state index is 13.1. The molecule has 0 saturated heterocycles. The Balaban J connectivity index is 1.16. The number of nitrogens with zero attached hydrogens (tertiary/aromatic N) is 1. The van der Waals surface area contributed by atoms with Crippen LogP contribution in [0, 0.1) is 23.2 Å². The third kappa shape index (κ3) is 4.79. The molecule has 7 rings (SSSR count). The van der Waals surface area contributed by atoms with Crippen LogP contribution in [0.2, 0.25) is 0 Å². The van der Waals surface area contributed by atoms with E-state index in [0.29, 0.717) is 18.1 Å². The Kier molecular flexibility index (Phi) is 7.55. The maximum atomic E-state index is 13.1. The van der Waals surface area contributed by atoms with Crippen molar-refractivity contribution in [1.82, 2.24) is 4.90 Å². The van der Waals surface area contributed by atoms with Crippen molar-refractivity contribution in [2.75, 3.05) is 0 Å². The SMILES string of the molecule is C=C(Cc1ccc2c(CC)c3c(cc2c1)C1=CC2=C(CCC(=O)[C@]2(C)CC)C(=C)N1C3)C1CCC(C2CCCCC2)CC1. The summed E-state index contributed by atoms with van der Waals surface area (Å²) in [5.41, 5.74) is 11.5. The van der Waals surface area contributed by atoms with Crippen LogP contribution in [0.25, 0.3) is 16.5 Å². The zero-order valence-electron chi connectivity index (χ0n) is 27.0. The van der Waals surface area contributed by atoms with Crippen LogP contribution < -0.4 is 0 Å². The van der Waals surface area contributed by atoms with Crippen LogP contribution >= 0.6 is 0 Å². The highest BCUT2D eigenvalue weighted by Crippen LogP contribution is 2.52. The molecule has 1 atom stereocenters. The van der Waals surface area contributed by atoms with E-state index in [1.807, 2.05) is 0 Å². The van der Waals surface area contributed by atoms with Crippen molar-refractivity contribution in [2.24, 2.45) is 23.2 Å². The predicted octanol–water partition coefficient (Wildman–Crippen LogP) is 10.6. The third-order valence-electron chi connectivity index (χ3n) is 12.6. The van der Waals surface area contributed by atoms with Crippen molar-refractivity contribution in [3.05, 3.63) is 88.2 Å². The lowest BCUT2D eigenvalue weighted by Gasteiger charge is -2.41. The Morgan fingerprint density at radius 3 is 2.44 bits per heavy atom. The van der Waals surface area contributed by atoms with Gasteiger partial charge >= 0.3 is 0 Å². The van der Waals surface area contributed by atoms with Crippen molar-refractivity contribution in [1.29, 1.82) is 0 Å². The van der Waals surface area contributed by atoms with Gasteiger partial charge in [0.2, 0.25) is 0 Å². The molecule has 2 aliphatic heterocycles. The number of Topliss-reactive ketones (excluding diaryl/α,β-unsaturated/α-hetero) is 1. The van der Waals surface area contributed by atoms with Crippen LogP contribution in [0.15, 0.2) is 65.9 Å². The molecule has 43 heavy (non-hydrogen) atoms. The fourth-order valence-corrected chi connectivity index (χ4v) is 9.66. The Morgan fingerprint density at radius 1 is 0.977 bits per heavy atom. The van der Waals surface area contributed by atoms with E-state index in [9.17, 15) is 4.79 Å². The molecule has 5 aliphatic rings. The Hall–Kier alpha value is -2.87. The molecular formula is C41H51NO. The molecule has 0 aromatic heterocycles. The van der Waals surface area contributed by atoms with E-state index in [-0.39, 0.29) is 0 Å². The number of carbonyl (C=O) groups excluding carboxylic acids is 1. The van der Waals surface area contributed by atoms with Gasteiger partial charge in [-0.2, -0.15) is 0 Å². The predicted molar refractivity (Wildman–Crippen MR) is 181 cm³/mol. The molecule has 2 heterocycles. The molecule has 3 aliphatic carbocycles. The molecule has 2 nitrogen and oxygen atoms in total. The number of carbonyl (C=O) groups is 1. The number of hydrogen-bond acceptors (Lipinski definition) is 2. The Morgan fingerprint density at radius 2 is 1.72 bits per heavy atom. The molecule has 0 N–H and O–H groups in total. The van der Waals surface area contributed by atoms with Gasteiger partial charge in [-0.3, -0.25) is 4.79 Å². The number of hydrogen-bond donors (Lipinski definition) is 0. The number of benzene rings is 2. The monoisotopic (exact) mass is 573 g/mol. The average molecular weight is 574 g/mol. The minimum atomic E-state index is -0.411. The van der Waals surface area contributed by atoms with Crippen molar-refractivity contribution >= 4 is 22.3 Å². The van der Waals surface area contributed by atoms with Gasteiger partial charge in [0.25, 0.3) is 0 Å². The van der Waals surface area contributed by atoms with Crippen LogP contribution in [0.1, 0.15) is 120 Å². The fourth-order valence-electron chi connectivity index (χ4n) is 9.66. The second-order valence-electron chi connectivity index (χ2n) is 14.7. The van der Waals surface area contributed by atoms with Crippen molar-refractivity contribution < 1.29 is 4.79 Å². The number of fused-ring (bicyclic) bond motifs is 4. The molecule has 2 saturated carbocycles. The van der Waals surface area contributed by atoms with Gasteiger partial charge in [0.15, 0.2) is 0 Å². The van der Waals surface area contributed by atoms with E-state index >= 15 is 0 Å². The molecule has 0 unspecified atom stereocenters. The van der Waals surface area contributed by atoms with E-state index in [4.69, 9.17) is 0 Å². The van der Waals surface area contributed by atoms with Crippen LogP contribution in [0.4, 0.5) is 0 Å². The summed E-state index contributed by atoms with van der Waals surface area (Å²) in [7, 11) is 0. The molecule has 2 aromatic carbocycles. The first-order valence-electron chi connectivity index (χ1n) is 17.5. The van der Waals surface area contributed by atoms with Crippen molar-refractivity contribution in [2.45, 2.75) is 117 Å². The molecular weight excluding hydrogens is 522 g/mol. The minimum absolute atomic E-state index is 0.380. The number of allylic oxidation sites excluding steroid dienone is 4. The van der Waals surface area contributed by atoms with Gasteiger partial charge in [0.1, 0.15) is 5.78 Å². The first-order valence-corrected chi connectivity index (χ1v) is 17.5. The quantitative estimate of drug-likeness (QED) is 0.320. The average Bonchev–Trinajstić information content (AvgIpc) is 3.40. The van der Waals surface area contributed by atoms with Crippen molar-refractivity contribution in [3.63, 3.8) is 0 Å². The summed E-state index contributed by atoms with van der Waals surface area (Å²) in [6.45, 7) is 16.7. The Bertz CT molecular complexity index is 1550. The zero-order chi connectivity index (χ0) is 29.9. The summed E-state index contributed by atoms with van der Waals surface area (Å²) in [4.78, 5) is 15.6. The van der Waals surface area contributed by atoms with E-state index in [0.717, 1.165) is 49.8 Å². The summed E-state index contributed by atoms with van der Waals surface area (Å²) in [6, 6.07) is 9.63. The summed E-state index contributed by atoms with van der Waals surface area (Å²) in [5, 5.41) is 2.73. The first-order chi connectivity index (χ1) is 20.8. The van der Waals surface area contributed by atoms with E-state index < -0.39 is 5.41 Å². The highest BCUT2D eigenvalue weighted by atomic mass is 16.1. The van der Waals surface area contributed by atoms with Crippen LogP contribution in [-0.2, 0) is 24.2 Å². The van der Waals surface area contributed by atoms with Gasteiger partial charge in [0.05, 0.1) is 5.41 Å². The first kappa shape index (κ1) is 28.9. The number of aryl methyl sites for hydroxylation is 1. The smallest absolute Gasteiger partial charge is 0.143 e. The molecule has 226 valence electrons. The lowest BCUT2D eigenvalue weighted by atomic mass is 9.67. The van der Waals surface area contributed by atoms with Gasteiger partial charge in [-0.05, 0) is 127 Å². The number of ketones is 1. The summed E-state index contributed by atoms with van der Waals surface area (Å²) in [5.74, 6) is 3.04. The topological polar surface area (TPSA) is 20.3 Å². The second kappa shape index (κ2) is 11.2. The molecule has 2 aromatic rings. The zero-order valence-corrected chi connectivity index (χ0v) is 27.0. The molecule has 2 fully saturated rings. The summed E-state index contributed by atoms with van der Waals surface area (Å²) in [6.07, 6.45) is 19.5. The second-order valence-corrected chi connectivity index (χ2v) is 14.7. The molecule has 2 heteroatoms. The van der Waals surface area contributed by atoms with Gasteiger partial charge in [-0.1, -0.05) is 82.9 Å². The number of rotatable bonds is 6. The van der Waals surface area contributed by atoms with Gasteiger partial charge in [-0.15, -0.1) is 0 Å². The van der Waals surface area contributed by atoms with Gasteiger partial charge < -0.3 is 4.90 Å². The standard InChI is InChI=1S/C41H51NO/c1-6-33-35-18-13-28(21-26(3)29-14-16-31(17-15-29)30-11-9-8-10-12-30)22-32(35)23-36-37(33)25-42-27(4)34-19-20-40(43)41(5,7-2)38(34)24-39(36)42/h13,18,22-24,29-31H,3-4,6-12,14-17,19-21,25H2,1-2,5H3/t29?,31?,41-/m1/s1. The summed E-state index contributed by atoms with van der Waals surface area (Å²) < 4.78 is 0. The normalized spacial score (nSPS) is 27.7. The highest BCUT2D eigenvalue weighted by molar-refractivity contribution is 5.96.